The Kier molecular flexibility index (Phi) is 2.85. The van der Waals surface area contributed by atoms with Gasteiger partial charge in [0.15, 0.2) is 17.6 Å². The van der Waals surface area contributed by atoms with Crippen LogP contribution >= 0.6 is 0 Å². The highest BCUT2D eigenvalue weighted by atomic mass is 16.6. The van der Waals surface area contributed by atoms with Gasteiger partial charge in [-0.15, -0.1) is 0 Å². The molecule has 1 heterocycles. The number of hydrogen-bond acceptors (Lipinski definition) is 4. The quantitative estimate of drug-likeness (QED) is 0.838. The lowest BCUT2D eigenvalue weighted by Gasteiger charge is -2.21. The second kappa shape index (κ2) is 4.30. The largest absolute Gasteiger partial charge is 0.486 e. The van der Waals surface area contributed by atoms with Gasteiger partial charge in [0, 0.05) is 0 Å². The molecule has 16 heavy (non-hydrogen) atoms. The smallest absolute Gasteiger partial charge is 0.344 e. The summed E-state index contributed by atoms with van der Waals surface area (Å²) in [6, 6.07) is 5.15. The molecule has 0 aromatic heterocycles. The highest BCUT2D eigenvalue weighted by molar-refractivity contribution is 5.72. The second-order valence-corrected chi connectivity index (χ2v) is 3.38. The molecule has 1 aromatic carbocycles. The highest BCUT2D eigenvalue weighted by Gasteiger charge is 2.20. The molecule has 2 rings (SSSR count). The van der Waals surface area contributed by atoms with Crippen LogP contribution in [0.15, 0.2) is 18.2 Å². The Morgan fingerprint density at radius 1 is 1.44 bits per heavy atom. The van der Waals surface area contributed by atoms with E-state index < -0.39 is 12.1 Å². The number of aliphatic carboxylic acids is 1. The Balaban J connectivity index is 2.24. The standard InChI is InChI=1S/C11H12O5/c1-7(11(12)13)16-9-4-2-3-8-10(9)15-6-5-14-8/h2-4,7H,5-6H2,1H3,(H,12,13)/t7-/m0/s1. The molecule has 86 valence electrons. The zero-order chi connectivity index (χ0) is 11.5. The van der Waals surface area contributed by atoms with Crippen molar-refractivity contribution in [2.24, 2.45) is 0 Å². The molecule has 1 aliphatic heterocycles. The second-order valence-electron chi connectivity index (χ2n) is 3.38. The van der Waals surface area contributed by atoms with Gasteiger partial charge in [-0.2, -0.15) is 0 Å². The lowest BCUT2D eigenvalue weighted by atomic mass is 10.2. The van der Waals surface area contributed by atoms with E-state index in [2.05, 4.69) is 0 Å². The molecule has 1 N–H and O–H groups in total. The van der Waals surface area contributed by atoms with Crippen molar-refractivity contribution in [3.05, 3.63) is 18.2 Å². The number of benzene rings is 1. The van der Waals surface area contributed by atoms with Crippen molar-refractivity contribution in [1.29, 1.82) is 0 Å². The van der Waals surface area contributed by atoms with Gasteiger partial charge in [-0.3, -0.25) is 0 Å². The number of para-hydroxylation sites is 1. The minimum absolute atomic E-state index is 0.395. The predicted octanol–water partition coefficient (Wildman–Crippen LogP) is 1.31. The molecule has 0 aliphatic carbocycles. The molecule has 5 nitrogen and oxygen atoms in total. The van der Waals surface area contributed by atoms with Gasteiger partial charge in [-0.25, -0.2) is 4.79 Å². The summed E-state index contributed by atoms with van der Waals surface area (Å²) in [5.74, 6) is 0.435. The maximum atomic E-state index is 10.7. The monoisotopic (exact) mass is 224 g/mol. The zero-order valence-corrected chi connectivity index (χ0v) is 8.80. The zero-order valence-electron chi connectivity index (χ0n) is 8.80. The summed E-state index contributed by atoms with van der Waals surface area (Å²) in [5.41, 5.74) is 0. The number of ether oxygens (including phenoxy) is 3. The molecule has 1 aliphatic rings. The average Bonchev–Trinajstić information content (AvgIpc) is 2.29. The van der Waals surface area contributed by atoms with Gasteiger partial charge in [0.05, 0.1) is 0 Å². The summed E-state index contributed by atoms with van der Waals surface area (Å²) in [4.78, 5) is 10.7. The van der Waals surface area contributed by atoms with E-state index in [1.165, 1.54) is 6.92 Å². The summed E-state index contributed by atoms with van der Waals surface area (Å²) < 4.78 is 16.0. The predicted molar refractivity (Wildman–Crippen MR) is 55.2 cm³/mol. The molecule has 0 fully saturated rings. The van der Waals surface area contributed by atoms with Crippen LogP contribution in [0.5, 0.6) is 17.2 Å². The Hall–Kier alpha value is -1.91. The molecule has 5 heteroatoms. The van der Waals surface area contributed by atoms with Crippen LogP contribution in [-0.4, -0.2) is 30.4 Å². The topological polar surface area (TPSA) is 65.0 Å². The van der Waals surface area contributed by atoms with E-state index >= 15 is 0 Å². The van der Waals surface area contributed by atoms with Crippen LogP contribution in [0.1, 0.15) is 6.92 Å². The van der Waals surface area contributed by atoms with Gasteiger partial charge < -0.3 is 19.3 Å². The van der Waals surface area contributed by atoms with E-state index in [4.69, 9.17) is 19.3 Å². The molecule has 0 unspecified atom stereocenters. The first kappa shape index (κ1) is 10.6. The molecule has 1 atom stereocenters. The van der Waals surface area contributed by atoms with Gasteiger partial charge in [0.1, 0.15) is 13.2 Å². The maximum absolute atomic E-state index is 10.7. The number of hydrogen-bond donors (Lipinski definition) is 1. The number of carbonyl (C=O) groups is 1. The Morgan fingerprint density at radius 3 is 2.94 bits per heavy atom. The van der Waals surface area contributed by atoms with Crippen molar-refractivity contribution in [1.82, 2.24) is 0 Å². The van der Waals surface area contributed by atoms with E-state index in [0.29, 0.717) is 30.5 Å². The van der Waals surface area contributed by atoms with E-state index in [9.17, 15) is 4.79 Å². The first-order valence-corrected chi connectivity index (χ1v) is 4.96. The van der Waals surface area contributed by atoms with Crippen molar-refractivity contribution < 1.29 is 24.1 Å². The van der Waals surface area contributed by atoms with E-state index in [1.807, 2.05) is 0 Å². The van der Waals surface area contributed by atoms with Crippen LogP contribution in [0.25, 0.3) is 0 Å². The van der Waals surface area contributed by atoms with Crippen molar-refractivity contribution in [2.45, 2.75) is 13.0 Å². The third-order valence-electron chi connectivity index (χ3n) is 2.18. The van der Waals surface area contributed by atoms with Gasteiger partial charge in [0.2, 0.25) is 5.75 Å². The maximum Gasteiger partial charge on any atom is 0.344 e. The van der Waals surface area contributed by atoms with E-state index in [0.717, 1.165) is 0 Å². The third-order valence-corrected chi connectivity index (χ3v) is 2.18. The van der Waals surface area contributed by atoms with Crippen LogP contribution < -0.4 is 14.2 Å². The number of carboxylic acids is 1. The van der Waals surface area contributed by atoms with Crippen molar-refractivity contribution >= 4 is 5.97 Å². The summed E-state index contributed by atoms with van der Waals surface area (Å²) >= 11 is 0. The molecule has 0 radical (unpaired) electrons. The summed E-state index contributed by atoms with van der Waals surface area (Å²) in [6.45, 7) is 2.39. The van der Waals surface area contributed by atoms with Gasteiger partial charge in [-0.05, 0) is 19.1 Å². The Labute approximate surface area is 92.5 Å². The fourth-order valence-corrected chi connectivity index (χ4v) is 1.38. The molecular weight excluding hydrogens is 212 g/mol. The van der Waals surface area contributed by atoms with Gasteiger partial charge in [0.25, 0.3) is 0 Å². The number of fused-ring (bicyclic) bond motifs is 1. The van der Waals surface area contributed by atoms with E-state index in [1.54, 1.807) is 18.2 Å². The van der Waals surface area contributed by atoms with Crippen LogP contribution in [0.2, 0.25) is 0 Å². The molecule has 1 aromatic rings. The lowest BCUT2D eigenvalue weighted by Crippen LogP contribution is -2.24. The molecule has 0 saturated heterocycles. The summed E-state index contributed by atoms with van der Waals surface area (Å²) in [6.07, 6.45) is -0.919. The minimum atomic E-state index is -1.02. The number of rotatable bonds is 3. The fourth-order valence-electron chi connectivity index (χ4n) is 1.38. The number of carboxylic acid groups (broad SMARTS) is 1. The Bertz CT molecular complexity index is 401. The first-order chi connectivity index (χ1) is 7.68. The Morgan fingerprint density at radius 2 is 2.19 bits per heavy atom. The lowest BCUT2D eigenvalue weighted by molar-refractivity contribution is -0.144. The summed E-state index contributed by atoms with van der Waals surface area (Å²) in [7, 11) is 0. The molecule has 0 spiro atoms. The van der Waals surface area contributed by atoms with Crippen molar-refractivity contribution in [3.63, 3.8) is 0 Å². The molecule has 0 saturated carbocycles. The van der Waals surface area contributed by atoms with Crippen molar-refractivity contribution in [2.75, 3.05) is 13.2 Å². The average molecular weight is 224 g/mol. The van der Waals surface area contributed by atoms with E-state index in [-0.39, 0.29) is 0 Å². The van der Waals surface area contributed by atoms with Crippen LogP contribution in [0.4, 0.5) is 0 Å². The van der Waals surface area contributed by atoms with Crippen LogP contribution in [-0.2, 0) is 4.79 Å². The SMILES string of the molecule is C[C@H](Oc1cccc2c1OCCO2)C(=O)O. The molecular formula is C11H12O5. The van der Waals surface area contributed by atoms with Gasteiger partial charge in [-0.1, -0.05) is 6.07 Å². The minimum Gasteiger partial charge on any atom is -0.486 e. The third kappa shape index (κ3) is 2.03. The highest BCUT2D eigenvalue weighted by Crippen LogP contribution is 2.39. The fraction of sp³-hybridized carbons (Fsp3) is 0.364. The van der Waals surface area contributed by atoms with Gasteiger partial charge >= 0.3 is 5.97 Å². The molecule has 0 bridgehead atoms. The first-order valence-electron chi connectivity index (χ1n) is 4.96. The molecule has 0 amide bonds. The van der Waals surface area contributed by atoms with Crippen molar-refractivity contribution in [3.8, 4) is 17.2 Å². The van der Waals surface area contributed by atoms with Crippen LogP contribution in [0, 0.1) is 0 Å². The summed E-state index contributed by atoms with van der Waals surface area (Å²) in [5, 5.41) is 8.75. The van der Waals surface area contributed by atoms with Crippen LogP contribution in [0.3, 0.4) is 0 Å². The normalized spacial score (nSPS) is 15.3.